The van der Waals surface area contributed by atoms with Crippen LogP contribution >= 0.6 is 22.9 Å². The monoisotopic (exact) mass is 315 g/mol. The lowest BCUT2D eigenvalue weighted by Gasteiger charge is -2.11. The van der Waals surface area contributed by atoms with Crippen molar-refractivity contribution in [3.8, 4) is 0 Å². The second kappa shape index (κ2) is 6.61. The van der Waals surface area contributed by atoms with E-state index in [4.69, 9.17) is 11.6 Å². The lowest BCUT2D eigenvalue weighted by atomic mass is 10.1. The molecule has 1 N–H and O–H groups in total. The molecule has 108 valence electrons. The molecule has 0 aliphatic rings. The van der Waals surface area contributed by atoms with Gasteiger partial charge in [0.2, 0.25) is 0 Å². The van der Waals surface area contributed by atoms with Crippen LogP contribution < -0.4 is 5.32 Å². The van der Waals surface area contributed by atoms with Crippen LogP contribution in [-0.4, -0.2) is 6.54 Å². The molecule has 1 nitrogen and oxygen atoms in total. The highest BCUT2D eigenvalue weighted by molar-refractivity contribution is 7.19. The van der Waals surface area contributed by atoms with Crippen molar-refractivity contribution >= 4 is 33.0 Å². The zero-order chi connectivity index (χ0) is 14.7. The molecule has 1 unspecified atom stereocenters. The van der Waals surface area contributed by atoms with Gasteiger partial charge in [0.25, 0.3) is 0 Å². The molecule has 0 fully saturated rings. The van der Waals surface area contributed by atoms with Gasteiger partial charge < -0.3 is 5.32 Å². The third-order valence-corrected chi connectivity index (χ3v) is 5.20. The highest BCUT2D eigenvalue weighted by Crippen LogP contribution is 2.29. The molecule has 0 radical (unpaired) electrons. The van der Waals surface area contributed by atoms with Gasteiger partial charge in [0.05, 0.1) is 0 Å². The first-order chi connectivity index (χ1) is 10.2. The number of hydrogen-bond donors (Lipinski definition) is 1. The molecule has 1 atom stereocenters. The molecule has 2 aromatic carbocycles. The van der Waals surface area contributed by atoms with E-state index in [2.05, 4.69) is 54.7 Å². The van der Waals surface area contributed by atoms with Crippen LogP contribution in [0.2, 0.25) is 5.02 Å². The van der Waals surface area contributed by atoms with Gasteiger partial charge >= 0.3 is 0 Å². The van der Waals surface area contributed by atoms with Gasteiger partial charge in [-0.25, -0.2) is 0 Å². The molecule has 21 heavy (non-hydrogen) atoms. The van der Waals surface area contributed by atoms with Crippen molar-refractivity contribution in [2.75, 3.05) is 6.54 Å². The van der Waals surface area contributed by atoms with E-state index in [-0.39, 0.29) is 0 Å². The first-order valence-corrected chi connectivity index (χ1v) is 8.38. The van der Waals surface area contributed by atoms with Crippen LogP contribution in [-0.2, 0) is 6.42 Å². The van der Waals surface area contributed by atoms with Crippen LogP contribution in [0.25, 0.3) is 10.1 Å². The minimum Gasteiger partial charge on any atom is -0.309 e. The molecule has 3 aromatic rings. The summed E-state index contributed by atoms with van der Waals surface area (Å²) in [5, 5.41) is 5.73. The topological polar surface area (TPSA) is 12.0 Å². The summed E-state index contributed by atoms with van der Waals surface area (Å²) in [6.07, 6.45) is 1.02. The van der Waals surface area contributed by atoms with Crippen LogP contribution in [0.15, 0.2) is 54.6 Å². The van der Waals surface area contributed by atoms with E-state index in [1.807, 2.05) is 23.5 Å². The van der Waals surface area contributed by atoms with E-state index in [0.717, 1.165) is 18.0 Å². The summed E-state index contributed by atoms with van der Waals surface area (Å²) < 4.78 is 1.36. The standard InChI is InChI=1S/C18H18ClNS/c1-13(18-12-15-4-2-3-5-17(15)21-18)20-11-10-14-6-8-16(19)9-7-14/h2-9,12-13,20H,10-11H2,1H3. The first-order valence-electron chi connectivity index (χ1n) is 7.19. The Balaban J connectivity index is 1.58. The summed E-state index contributed by atoms with van der Waals surface area (Å²) in [6, 6.07) is 19.3. The van der Waals surface area contributed by atoms with Crippen LogP contribution in [0.1, 0.15) is 23.4 Å². The van der Waals surface area contributed by atoms with Gasteiger partial charge in [-0.2, -0.15) is 0 Å². The first kappa shape index (κ1) is 14.6. The van der Waals surface area contributed by atoms with Gasteiger partial charge in [-0.05, 0) is 55.1 Å². The zero-order valence-electron chi connectivity index (χ0n) is 12.0. The van der Waals surface area contributed by atoms with E-state index < -0.39 is 0 Å². The van der Waals surface area contributed by atoms with Crippen molar-refractivity contribution in [2.24, 2.45) is 0 Å². The third-order valence-electron chi connectivity index (χ3n) is 3.65. The van der Waals surface area contributed by atoms with Gasteiger partial charge in [-0.3, -0.25) is 0 Å². The summed E-state index contributed by atoms with van der Waals surface area (Å²) in [4.78, 5) is 1.40. The highest BCUT2D eigenvalue weighted by Gasteiger charge is 2.08. The predicted octanol–water partition coefficient (Wildman–Crippen LogP) is 5.45. The Kier molecular flexibility index (Phi) is 4.59. The fraction of sp³-hybridized carbons (Fsp3) is 0.222. The fourth-order valence-electron chi connectivity index (χ4n) is 2.40. The molecule has 0 bridgehead atoms. The molecule has 0 aliphatic heterocycles. The van der Waals surface area contributed by atoms with Crippen LogP contribution in [0.5, 0.6) is 0 Å². The molecule has 1 aromatic heterocycles. The second-order valence-electron chi connectivity index (χ2n) is 5.24. The number of thiophene rings is 1. The molecule has 0 aliphatic carbocycles. The lowest BCUT2D eigenvalue weighted by molar-refractivity contribution is 0.585. The smallest absolute Gasteiger partial charge is 0.0406 e. The van der Waals surface area contributed by atoms with Gasteiger partial charge in [-0.1, -0.05) is 41.9 Å². The third kappa shape index (κ3) is 3.65. The number of hydrogen-bond acceptors (Lipinski definition) is 2. The molecule has 0 saturated heterocycles. The van der Waals surface area contributed by atoms with Crippen LogP contribution in [0.4, 0.5) is 0 Å². The summed E-state index contributed by atoms with van der Waals surface area (Å²) in [5.74, 6) is 0. The number of rotatable bonds is 5. The van der Waals surface area contributed by atoms with Gasteiger partial charge in [-0.15, -0.1) is 11.3 Å². The molecule has 0 saturated carbocycles. The normalized spacial score (nSPS) is 12.7. The van der Waals surface area contributed by atoms with Crippen LogP contribution in [0, 0.1) is 0 Å². The Labute approximate surface area is 134 Å². The summed E-state index contributed by atoms with van der Waals surface area (Å²) in [5.41, 5.74) is 1.32. The summed E-state index contributed by atoms with van der Waals surface area (Å²) >= 11 is 7.77. The van der Waals surface area contributed by atoms with Crippen molar-refractivity contribution < 1.29 is 0 Å². The Morgan fingerprint density at radius 3 is 2.62 bits per heavy atom. The Bertz CT molecular complexity index is 684. The molecular formula is C18H18ClNS. The minimum absolute atomic E-state index is 0.384. The lowest BCUT2D eigenvalue weighted by Crippen LogP contribution is -2.20. The van der Waals surface area contributed by atoms with Gasteiger partial charge in [0.15, 0.2) is 0 Å². The fourth-order valence-corrected chi connectivity index (χ4v) is 3.62. The van der Waals surface area contributed by atoms with Gasteiger partial charge in [0.1, 0.15) is 0 Å². The quantitative estimate of drug-likeness (QED) is 0.660. The van der Waals surface area contributed by atoms with E-state index >= 15 is 0 Å². The highest BCUT2D eigenvalue weighted by atomic mass is 35.5. The number of nitrogens with one attached hydrogen (secondary N) is 1. The number of benzene rings is 2. The molecular weight excluding hydrogens is 298 g/mol. The largest absolute Gasteiger partial charge is 0.309 e. The molecule has 3 rings (SSSR count). The van der Waals surface area contributed by atoms with Crippen molar-refractivity contribution in [2.45, 2.75) is 19.4 Å². The van der Waals surface area contributed by atoms with Crippen LogP contribution in [0.3, 0.4) is 0 Å². The minimum atomic E-state index is 0.384. The molecule has 1 heterocycles. The maximum absolute atomic E-state index is 5.90. The molecule has 3 heteroatoms. The van der Waals surface area contributed by atoms with E-state index in [9.17, 15) is 0 Å². The maximum Gasteiger partial charge on any atom is 0.0406 e. The molecule has 0 amide bonds. The average Bonchev–Trinajstić information content (AvgIpc) is 2.93. The Morgan fingerprint density at radius 2 is 1.86 bits per heavy atom. The Morgan fingerprint density at radius 1 is 1.10 bits per heavy atom. The average molecular weight is 316 g/mol. The van der Waals surface area contributed by atoms with E-state index in [0.29, 0.717) is 6.04 Å². The van der Waals surface area contributed by atoms with Crippen molar-refractivity contribution in [1.82, 2.24) is 5.32 Å². The van der Waals surface area contributed by atoms with E-state index in [1.165, 1.54) is 20.5 Å². The molecule has 0 spiro atoms. The SMILES string of the molecule is CC(NCCc1ccc(Cl)cc1)c1cc2ccccc2s1. The van der Waals surface area contributed by atoms with Crippen molar-refractivity contribution in [3.63, 3.8) is 0 Å². The number of halogens is 1. The number of fused-ring (bicyclic) bond motifs is 1. The summed E-state index contributed by atoms with van der Waals surface area (Å²) in [7, 11) is 0. The van der Waals surface area contributed by atoms with Crippen molar-refractivity contribution in [3.05, 3.63) is 70.1 Å². The second-order valence-corrected chi connectivity index (χ2v) is 6.79. The summed E-state index contributed by atoms with van der Waals surface area (Å²) in [6.45, 7) is 3.20. The van der Waals surface area contributed by atoms with Gasteiger partial charge in [0, 0.05) is 20.6 Å². The predicted molar refractivity (Wildman–Crippen MR) is 93.4 cm³/mol. The van der Waals surface area contributed by atoms with Crippen molar-refractivity contribution in [1.29, 1.82) is 0 Å². The Hall–Kier alpha value is -1.35. The van der Waals surface area contributed by atoms with E-state index in [1.54, 1.807) is 0 Å². The maximum atomic E-state index is 5.90. The zero-order valence-corrected chi connectivity index (χ0v) is 13.5.